The van der Waals surface area contributed by atoms with Crippen molar-refractivity contribution < 1.29 is 33.6 Å². The summed E-state index contributed by atoms with van der Waals surface area (Å²) < 4.78 is 10.8. The Balaban J connectivity index is 1.18. The Bertz CT molecular complexity index is 1900. The maximum absolute atomic E-state index is 13.5. The van der Waals surface area contributed by atoms with Crippen LogP contribution in [0.1, 0.15) is 22.3 Å². The lowest BCUT2D eigenvalue weighted by Gasteiger charge is -2.15. The summed E-state index contributed by atoms with van der Waals surface area (Å²) in [6.07, 6.45) is 1.46. The molecule has 2 heterocycles. The highest BCUT2D eigenvalue weighted by molar-refractivity contribution is 8.00. The molecule has 2 aliphatic heterocycles. The Hall–Kier alpha value is -5.95. The van der Waals surface area contributed by atoms with Gasteiger partial charge in [-0.05, 0) is 66.2 Å². The zero-order valence-electron chi connectivity index (χ0n) is 23.9. The van der Waals surface area contributed by atoms with Gasteiger partial charge in [0, 0.05) is 34.7 Å². The standard InChI is InChI=1S/C33H24N4O8S/c38-30-18-29(33(41)36(30)23-10-12-24(13-11-23)37(42)43)46-25-8-4-7-22(17-25)34-32(40)26(35-31(39)21-5-2-1-3-6-21)15-20-9-14-27-28(16-20)45-19-44-27/h1-17,29H,18-19H2,(H,34,40)(H,35,39)/b26-15-/t29-/m0/s1. The number of ether oxygens (including phenoxy) is 2. The maximum atomic E-state index is 13.5. The molecule has 0 aliphatic carbocycles. The Morgan fingerprint density at radius 2 is 1.67 bits per heavy atom. The Morgan fingerprint density at radius 1 is 0.913 bits per heavy atom. The van der Waals surface area contributed by atoms with Crippen molar-refractivity contribution in [2.24, 2.45) is 0 Å². The lowest BCUT2D eigenvalue weighted by molar-refractivity contribution is -0.384. The van der Waals surface area contributed by atoms with Crippen molar-refractivity contribution in [2.75, 3.05) is 17.0 Å². The molecule has 1 fully saturated rings. The number of non-ortho nitro benzene ring substituents is 1. The number of hydrogen-bond donors (Lipinski definition) is 2. The summed E-state index contributed by atoms with van der Waals surface area (Å²) in [4.78, 5) is 64.5. The first kappa shape index (κ1) is 30.1. The number of fused-ring (bicyclic) bond motifs is 1. The molecule has 4 aromatic rings. The molecular weight excluding hydrogens is 612 g/mol. The Labute approximate surface area is 266 Å². The summed E-state index contributed by atoms with van der Waals surface area (Å²) in [5.74, 6) is -0.859. The quantitative estimate of drug-likeness (QED) is 0.110. The second-order valence-corrected chi connectivity index (χ2v) is 11.4. The zero-order valence-corrected chi connectivity index (χ0v) is 24.7. The van der Waals surface area contributed by atoms with E-state index in [4.69, 9.17) is 9.47 Å². The fraction of sp³-hybridized carbons (Fsp3) is 0.0909. The van der Waals surface area contributed by atoms with Gasteiger partial charge in [0.05, 0.1) is 15.9 Å². The lowest BCUT2D eigenvalue weighted by atomic mass is 10.1. The number of rotatable bonds is 9. The minimum atomic E-state index is -0.736. The fourth-order valence-corrected chi connectivity index (χ4v) is 5.93. The third-order valence-corrected chi connectivity index (χ3v) is 8.21. The minimum absolute atomic E-state index is 0.0268. The summed E-state index contributed by atoms with van der Waals surface area (Å²) in [5, 5.41) is 15.7. The predicted molar refractivity (Wildman–Crippen MR) is 169 cm³/mol. The number of nitrogens with zero attached hydrogens (tertiary/aromatic N) is 2. The molecule has 6 rings (SSSR count). The highest BCUT2D eigenvalue weighted by atomic mass is 32.2. The highest BCUT2D eigenvalue weighted by Gasteiger charge is 2.40. The van der Waals surface area contributed by atoms with Crippen LogP contribution in [0.5, 0.6) is 11.5 Å². The van der Waals surface area contributed by atoms with E-state index < -0.39 is 33.8 Å². The van der Waals surface area contributed by atoms with Crippen LogP contribution in [-0.2, 0) is 14.4 Å². The van der Waals surface area contributed by atoms with Gasteiger partial charge >= 0.3 is 0 Å². The molecule has 4 amide bonds. The second kappa shape index (κ2) is 13.0. The molecule has 0 aromatic heterocycles. The second-order valence-electron chi connectivity index (χ2n) is 10.1. The summed E-state index contributed by atoms with van der Waals surface area (Å²) in [5.41, 5.74) is 1.42. The molecule has 0 saturated carbocycles. The average molecular weight is 637 g/mol. The first-order valence-electron chi connectivity index (χ1n) is 13.9. The van der Waals surface area contributed by atoms with Gasteiger partial charge in [-0.25, -0.2) is 4.90 Å². The summed E-state index contributed by atoms with van der Waals surface area (Å²) >= 11 is 1.16. The first-order valence-corrected chi connectivity index (χ1v) is 14.8. The Kier molecular flexibility index (Phi) is 8.48. The van der Waals surface area contributed by atoms with Crippen LogP contribution in [-0.4, -0.2) is 40.6 Å². The molecule has 2 aliphatic rings. The number of nitrogens with one attached hydrogen (secondary N) is 2. The van der Waals surface area contributed by atoms with E-state index in [1.165, 1.54) is 30.3 Å². The zero-order chi connectivity index (χ0) is 32.2. The average Bonchev–Trinajstić information content (AvgIpc) is 3.64. The highest BCUT2D eigenvalue weighted by Crippen LogP contribution is 2.36. The topological polar surface area (TPSA) is 157 Å². The number of thioether (sulfide) groups is 1. The molecule has 13 heteroatoms. The molecule has 1 saturated heterocycles. The monoisotopic (exact) mass is 636 g/mol. The largest absolute Gasteiger partial charge is 0.454 e. The van der Waals surface area contributed by atoms with Crippen molar-refractivity contribution in [2.45, 2.75) is 16.6 Å². The van der Waals surface area contributed by atoms with E-state index in [9.17, 15) is 29.3 Å². The van der Waals surface area contributed by atoms with E-state index in [-0.39, 0.29) is 30.3 Å². The van der Waals surface area contributed by atoms with Crippen LogP contribution in [0.4, 0.5) is 17.1 Å². The van der Waals surface area contributed by atoms with Gasteiger partial charge < -0.3 is 20.1 Å². The molecular formula is C33H24N4O8S. The summed E-state index contributed by atoms with van der Waals surface area (Å²) in [6.45, 7) is 0.0879. The van der Waals surface area contributed by atoms with Crippen LogP contribution >= 0.6 is 11.8 Å². The molecule has 4 aromatic carbocycles. The van der Waals surface area contributed by atoms with Crippen molar-refractivity contribution in [3.63, 3.8) is 0 Å². The minimum Gasteiger partial charge on any atom is -0.454 e. The third kappa shape index (κ3) is 6.59. The van der Waals surface area contributed by atoms with Crippen LogP contribution in [0.3, 0.4) is 0 Å². The number of anilines is 2. The number of benzene rings is 4. The van der Waals surface area contributed by atoms with Crippen molar-refractivity contribution in [1.29, 1.82) is 0 Å². The SMILES string of the molecule is O=C(Nc1cccc(S[C@H]2CC(=O)N(c3ccc([N+](=O)[O-])cc3)C2=O)c1)/C(=C/c1ccc2c(c1)OCO2)NC(=O)c1ccccc1. The maximum Gasteiger partial charge on any atom is 0.272 e. The van der Waals surface area contributed by atoms with Gasteiger partial charge in [-0.15, -0.1) is 11.8 Å². The number of imide groups is 1. The Morgan fingerprint density at radius 3 is 2.43 bits per heavy atom. The van der Waals surface area contributed by atoms with Gasteiger partial charge in [-0.3, -0.25) is 29.3 Å². The first-order chi connectivity index (χ1) is 22.2. The van der Waals surface area contributed by atoms with E-state index in [1.54, 1.807) is 72.8 Å². The fourth-order valence-electron chi connectivity index (χ4n) is 4.81. The van der Waals surface area contributed by atoms with Crippen molar-refractivity contribution in [1.82, 2.24) is 5.32 Å². The van der Waals surface area contributed by atoms with Crippen molar-refractivity contribution in [3.05, 3.63) is 124 Å². The molecule has 1 atom stereocenters. The van der Waals surface area contributed by atoms with E-state index in [2.05, 4.69) is 10.6 Å². The van der Waals surface area contributed by atoms with Crippen LogP contribution in [0, 0.1) is 10.1 Å². The molecule has 12 nitrogen and oxygen atoms in total. The third-order valence-electron chi connectivity index (χ3n) is 7.03. The van der Waals surface area contributed by atoms with Gasteiger partial charge in [0.15, 0.2) is 11.5 Å². The van der Waals surface area contributed by atoms with Crippen LogP contribution in [0.25, 0.3) is 6.08 Å². The number of nitro groups is 1. The van der Waals surface area contributed by atoms with Crippen LogP contribution in [0.2, 0.25) is 0 Å². The van der Waals surface area contributed by atoms with E-state index >= 15 is 0 Å². The van der Waals surface area contributed by atoms with Crippen LogP contribution in [0.15, 0.2) is 108 Å². The number of carbonyl (C=O) groups is 4. The lowest BCUT2D eigenvalue weighted by Crippen LogP contribution is -2.31. The van der Waals surface area contributed by atoms with E-state index in [0.717, 1.165) is 16.7 Å². The smallest absolute Gasteiger partial charge is 0.272 e. The number of hydrogen-bond acceptors (Lipinski definition) is 9. The molecule has 0 spiro atoms. The molecule has 0 radical (unpaired) electrons. The number of carbonyl (C=O) groups excluding carboxylic acids is 4. The van der Waals surface area contributed by atoms with E-state index in [0.29, 0.717) is 33.2 Å². The van der Waals surface area contributed by atoms with Gasteiger partial charge in [0.1, 0.15) is 5.70 Å². The number of amides is 4. The summed E-state index contributed by atoms with van der Waals surface area (Å²) in [6, 6.07) is 25.6. The summed E-state index contributed by atoms with van der Waals surface area (Å²) in [7, 11) is 0. The molecule has 46 heavy (non-hydrogen) atoms. The molecule has 0 unspecified atom stereocenters. The molecule has 230 valence electrons. The van der Waals surface area contributed by atoms with Gasteiger partial charge in [0.2, 0.25) is 18.6 Å². The van der Waals surface area contributed by atoms with Crippen molar-refractivity contribution >= 4 is 58.5 Å². The van der Waals surface area contributed by atoms with Crippen molar-refractivity contribution in [3.8, 4) is 11.5 Å². The van der Waals surface area contributed by atoms with E-state index in [1.807, 2.05) is 0 Å². The van der Waals surface area contributed by atoms with Gasteiger partial charge in [-0.2, -0.15) is 0 Å². The van der Waals surface area contributed by atoms with Gasteiger partial charge in [-0.1, -0.05) is 30.3 Å². The molecule has 0 bridgehead atoms. The van der Waals surface area contributed by atoms with Gasteiger partial charge in [0.25, 0.3) is 17.5 Å². The van der Waals surface area contributed by atoms with Crippen LogP contribution < -0.4 is 25.0 Å². The molecule has 2 N–H and O–H groups in total. The number of nitro benzene ring substituents is 1. The normalized spacial score (nSPS) is 15.5. The predicted octanol–water partition coefficient (Wildman–Crippen LogP) is 5.16.